The van der Waals surface area contributed by atoms with Gasteiger partial charge in [0, 0.05) is 35.7 Å². The van der Waals surface area contributed by atoms with Crippen LogP contribution in [0.4, 0.5) is 5.69 Å². The van der Waals surface area contributed by atoms with Gasteiger partial charge in [0.2, 0.25) is 0 Å². The highest BCUT2D eigenvalue weighted by molar-refractivity contribution is 6.16. The fraction of sp³-hybridized carbons (Fsp3) is 0.200. The van der Waals surface area contributed by atoms with Crippen LogP contribution in [0.3, 0.4) is 0 Å². The molecule has 0 radical (unpaired) electrons. The number of nitrogens with zero attached hydrogens (tertiary/aromatic N) is 4. The predicted molar refractivity (Wildman–Crippen MR) is 82.8 cm³/mol. The van der Waals surface area contributed by atoms with E-state index in [0.717, 1.165) is 0 Å². The van der Waals surface area contributed by atoms with E-state index in [-0.39, 0.29) is 19.0 Å². The van der Waals surface area contributed by atoms with Crippen molar-refractivity contribution in [3.8, 4) is 0 Å². The molecule has 3 heterocycles. The number of nitrogen functional groups attached to an aromatic ring is 1. The predicted octanol–water partition coefficient (Wildman–Crippen LogP) is 0.165. The van der Waals surface area contributed by atoms with Crippen molar-refractivity contribution < 1.29 is 15.0 Å². The molecule has 0 amide bonds. The summed E-state index contributed by atoms with van der Waals surface area (Å²) in [5, 5.41) is 19.3. The summed E-state index contributed by atoms with van der Waals surface area (Å²) in [5.74, 6) is -0.280. The first kappa shape index (κ1) is 15.1. The van der Waals surface area contributed by atoms with E-state index in [9.17, 15) is 15.0 Å². The molecular formula is C15H15N5O3. The first-order valence-electron chi connectivity index (χ1n) is 6.93. The molecule has 0 aromatic carbocycles. The number of rotatable bonds is 5. The lowest BCUT2D eigenvalue weighted by molar-refractivity contribution is 0.103. The molecule has 118 valence electrons. The first-order chi connectivity index (χ1) is 11.2. The molecule has 0 aliphatic rings. The van der Waals surface area contributed by atoms with Crippen molar-refractivity contribution in [2.24, 2.45) is 0 Å². The number of fused-ring (bicyclic) bond motifs is 1. The van der Waals surface area contributed by atoms with Gasteiger partial charge in [0.05, 0.1) is 30.5 Å². The molecule has 0 fully saturated rings. The van der Waals surface area contributed by atoms with Gasteiger partial charge < -0.3 is 20.5 Å². The van der Waals surface area contributed by atoms with Crippen molar-refractivity contribution in [2.45, 2.75) is 6.04 Å². The quantitative estimate of drug-likeness (QED) is 0.573. The number of aromatic nitrogens is 4. The van der Waals surface area contributed by atoms with E-state index in [4.69, 9.17) is 5.73 Å². The number of nitrogens with two attached hydrogens (primary N) is 1. The monoisotopic (exact) mass is 313 g/mol. The SMILES string of the molecule is Nc1cncc(C(=O)c2cn(C(CO)CO)c3ncncc23)c1. The van der Waals surface area contributed by atoms with Crippen molar-refractivity contribution in [3.63, 3.8) is 0 Å². The van der Waals surface area contributed by atoms with Gasteiger partial charge in [-0.25, -0.2) is 9.97 Å². The van der Waals surface area contributed by atoms with Crippen LogP contribution in [0, 0.1) is 0 Å². The lowest BCUT2D eigenvalue weighted by Crippen LogP contribution is -2.16. The van der Waals surface area contributed by atoms with Crippen molar-refractivity contribution in [2.75, 3.05) is 18.9 Å². The second kappa shape index (κ2) is 6.11. The Labute approximate surface area is 131 Å². The van der Waals surface area contributed by atoms with Crippen LogP contribution in [-0.4, -0.2) is 48.7 Å². The molecule has 0 atom stereocenters. The Bertz CT molecular complexity index is 857. The minimum Gasteiger partial charge on any atom is -0.397 e. The van der Waals surface area contributed by atoms with E-state index in [0.29, 0.717) is 27.8 Å². The standard InChI is InChI=1S/C15H15N5O3/c16-10-1-9(2-17-3-10)14(23)13-5-20(11(6-21)7-22)15-12(13)4-18-8-19-15/h1-5,8,11,21-22H,6-7,16H2. The summed E-state index contributed by atoms with van der Waals surface area (Å²) >= 11 is 0. The third-order valence-corrected chi connectivity index (χ3v) is 3.58. The van der Waals surface area contributed by atoms with Gasteiger partial charge in [0.25, 0.3) is 0 Å². The van der Waals surface area contributed by atoms with Crippen LogP contribution in [0.25, 0.3) is 11.0 Å². The number of anilines is 1. The Balaban J connectivity index is 2.16. The highest BCUT2D eigenvalue weighted by Gasteiger charge is 2.21. The molecule has 3 aromatic heterocycles. The maximum Gasteiger partial charge on any atom is 0.196 e. The topological polar surface area (TPSA) is 127 Å². The van der Waals surface area contributed by atoms with Crippen LogP contribution in [0.2, 0.25) is 0 Å². The van der Waals surface area contributed by atoms with Gasteiger partial charge in [-0.2, -0.15) is 0 Å². The second-order valence-electron chi connectivity index (χ2n) is 5.07. The van der Waals surface area contributed by atoms with E-state index < -0.39 is 6.04 Å². The van der Waals surface area contributed by atoms with Crippen molar-refractivity contribution in [3.05, 3.63) is 48.3 Å². The Morgan fingerprint density at radius 1 is 1.22 bits per heavy atom. The van der Waals surface area contributed by atoms with Gasteiger partial charge in [-0.05, 0) is 6.07 Å². The summed E-state index contributed by atoms with van der Waals surface area (Å²) in [6, 6.07) is 0.950. The molecule has 4 N–H and O–H groups in total. The van der Waals surface area contributed by atoms with Crippen LogP contribution in [0.1, 0.15) is 22.0 Å². The normalized spacial score (nSPS) is 11.3. The Morgan fingerprint density at radius 3 is 2.70 bits per heavy atom. The third kappa shape index (κ3) is 2.65. The maximum atomic E-state index is 12.7. The summed E-state index contributed by atoms with van der Waals surface area (Å²) in [6.45, 7) is -0.560. The molecule has 0 saturated carbocycles. The average molecular weight is 313 g/mol. The molecule has 0 aliphatic heterocycles. The smallest absolute Gasteiger partial charge is 0.196 e. The van der Waals surface area contributed by atoms with E-state index in [2.05, 4.69) is 15.0 Å². The van der Waals surface area contributed by atoms with Gasteiger partial charge in [-0.3, -0.25) is 9.78 Å². The fourth-order valence-corrected chi connectivity index (χ4v) is 2.42. The highest BCUT2D eigenvalue weighted by Crippen LogP contribution is 2.24. The van der Waals surface area contributed by atoms with Gasteiger partial charge in [0.1, 0.15) is 12.0 Å². The summed E-state index contributed by atoms with van der Waals surface area (Å²) in [5.41, 5.74) is 7.23. The first-order valence-corrected chi connectivity index (χ1v) is 6.93. The van der Waals surface area contributed by atoms with Gasteiger partial charge in [-0.15, -0.1) is 0 Å². The summed E-state index contributed by atoms with van der Waals surface area (Å²) in [7, 11) is 0. The summed E-state index contributed by atoms with van der Waals surface area (Å²) in [4.78, 5) is 24.8. The zero-order valence-electron chi connectivity index (χ0n) is 12.1. The molecule has 3 rings (SSSR count). The van der Waals surface area contributed by atoms with Gasteiger partial charge in [-0.1, -0.05) is 0 Å². The second-order valence-corrected chi connectivity index (χ2v) is 5.07. The van der Waals surface area contributed by atoms with E-state index in [1.54, 1.807) is 10.8 Å². The minimum atomic E-state index is -0.590. The summed E-state index contributed by atoms with van der Waals surface area (Å²) in [6.07, 6.45) is 7.32. The Hall–Kier alpha value is -2.84. The molecule has 23 heavy (non-hydrogen) atoms. The maximum absolute atomic E-state index is 12.7. The molecule has 0 unspecified atom stereocenters. The minimum absolute atomic E-state index is 0.280. The molecule has 0 saturated heterocycles. The molecular weight excluding hydrogens is 298 g/mol. The zero-order chi connectivity index (χ0) is 16.4. The number of carbonyl (C=O) groups is 1. The van der Waals surface area contributed by atoms with Crippen LogP contribution in [-0.2, 0) is 0 Å². The number of pyridine rings is 1. The lowest BCUT2D eigenvalue weighted by atomic mass is 10.1. The van der Waals surface area contributed by atoms with Crippen LogP contribution in [0.15, 0.2) is 37.2 Å². The van der Waals surface area contributed by atoms with E-state index >= 15 is 0 Å². The average Bonchev–Trinajstić information content (AvgIpc) is 2.95. The van der Waals surface area contributed by atoms with Gasteiger partial charge in [0.15, 0.2) is 5.78 Å². The van der Waals surface area contributed by atoms with Crippen LogP contribution in [0.5, 0.6) is 0 Å². The molecule has 3 aromatic rings. The van der Waals surface area contributed by atoms with Crippen LogP contribution >= 0.6 is 0 Å². The number of hydrogen-bond acceptors (Lipinski definition) is 7. The Kier molecular flexibility index (Phi) is 4.00. The lowest BCUT2D eigenvalue weighted by Gasteiger charge is -2.13. The molecule has 0 bridgehead atoms. The van der Waals surface area contributed by atoms with Crippen molar-refractivity contribution >= 4 is 22.5 Å². The largest absolute Gasteiger partial charge is 0.397 e. The number of carbonyl (C=O) groups excluding carboxylic acids is 1. The third-order valence-electron chi connectivity index (χ3n) is 3.58. The Morgan fingerprint density at radius 2 is 2.00 bits per heavy atom. The number of ketones is 1. The number of hydrogen-bond donors (Lipinski definition) is 3. The zero-order valence-corrected chi connectivity index (χ0v) is 12.1. The van der Waals surface area contributed by atoms with Crippen molar-refractivity contribution in [1.82, 2.24) is 19.5 Å². The molecule has 8 nitrogen and oxygen atoms in total. The molecule has 0 spiro atoms. The van der Waals surface area contributed by atoms with Gasteiger partial charge >= 0.3 is 0 Å². The number of aliphatic hydroxyl groups excluding tert-OH is 2. The summed E-state index contributed by atoms with van der Waals surface area (Å²) < 4.78 is 1.57. The molecule has 8 heteroatoms. The highest BCUT2D eigenvalue weighted by atomic mass is 16.3. The fourth-order valence-electron chi connectivity index (χ4n) is 2.42. The molecule has 0 aliphatic carbocycles. The van der Waals surface area contributed by atoms with E-state index in [1.165, 1.54) is 31.0 Å². The van der Waals surface area contributed by atoms with E-state index in [1.807, 2.05) is 0 Å². The van der Waals surface area contributed by atoms with Crippen molar-refractivity contribution in [1.29, 1.82) is 0 Å². The van der Waals surface area contributed by atoms with Crippen LogP contribution < -0.4 is 5.73 Å². The number of aliphatic hydroxyl groups is 2.